The molecule has 2 aromatic carbocycles. The van der Waals surface area contributed by atoms with Crippen molar-refractivity contribution in [2.75, 3.05) is 0 Å². The fourth-order valence-electron chi connectivity index (χ4n) is 2.19. The number of hydrogen-bond donors (Lipinski definition) is 4. The van der Waals surface area contributed by atoms with Gasteiger partial charge < -0.3 is 16.1 Å². The SMILES string of the molecule is N/C=C(\NN)c1ccc(-c2ccc3nc[nH]c3c2)cc1. The highest BCUT2D eigenvalue weighted by molar-refractivity contribution is 5.81. The summed E-state index contributed by atoms with van der Waals surface area (Å²) in [5.41, 5.74) is 14.0. The van der Waals surface area contributed by atoms with E-state index in [-0.39, 0.29) is 0 Å². The Morgan fingerprint density at radius 1 is 1.10 bits per heavy atom. The number of imidazole rings is 1. The Morgan fingerprint density at radius 3 is 2.55 bits per heavy atom. The van der Waals surface area contributed by atoms with Gasteiger partial charge in [-0.3, -0.25) is 5.84 Å². The summed E-state index contributed by atoms with van der Waals surface area (Å²) in [4.78, 5) is 7.33. The molecule has 0 atom stereocenters. The molecule has 3 aromatic rings. The molecule has 5 nitrogen and oxygen atoms in total. The second-order valence-corrected chi connectivity index (χ2v) is 4.44. The van der Waals surface area contributed by atoms with Gasteiger partial charge in [-0.2, -0.15) is 0 Å². The number of nitrogens with zero attached hydrogens (tertiary/aromatic N) is 1. The number of rotatable bonds is 3. The van der Waals surface area contributed by atoms with Crippen molar-refractivity contribution >= 4 is 16.7 Å². The van der Waals surface area contributed by atoms with Crippen molar-refractivity contribution in [2.45, 2.75) is 0 Å². The van der Waals surface area contributed by atoms with Gasteiger partial charge in [0.1, 0.15) is 0 Å². The fourth-order valence-corrected chi connectivity index (χ4v) is 2.19. The van der Waals surface area contributed by atoms with Crippen LogP contribution < -0.4 is 17.0 Å². The molecule has 0 radical (unpaired) electrons. The first-order valence-corrected chi connectivity index (χ1v) is 6.24. The molecule has 0 spiro atoms. The molecule has 0 unspecified atom stereocenters. The van der Waals surface area contributed by atoms with Crippen molar-refractivity contribution in [1.29, 1.82) is 0 Å². The molecule has 1 aromatic heterocycles. The number of hydrogen-bond acceptors (Lipinski definition) is 4. The van der Waals surface area contributed by atoms with Crippen molar-refractivity contribution in [3.8, 4) is 11.1 Å². The monoisotopic (exact) mass is 265 g/mol. The molecule has 100 valence electrons. The summed E-state index contributed by atoms with van der Waals surface area (Å²) >= 11 is 0. The smallest absolute Gasteiger partial charge is 0.0931 e. The predicted octanol–water partition coefficient (Wildman–Crippen LogP) is 1.95. The second-order valence-electron chi connectivity index (χ2n) is 4.44. The van der Waals surface area contributed by atoms with Gasteiger partial charge >= 0.3 is 0 Å². The second kappa shape index (κ2) is 5.07. The molecular weight excluding hydrogens is 250 g/mol. The molecule has 1 heterocycles. The zero-order valence-corrected chi connectivity index (χ0v) is 10.8. The lowest BCUT2D eigenvalue weighted by Crippen LogP contribution is -2.20. The molecule has 0 bridgehead atoms. The lowest BCUT2D eigenvalue weighted by Gasteiger charge is -2.07. The van der Waals surface area contributed by atoms with Crippen LogP contribution in [0.5, 0.6) is 0 Å². The third-order valence-electron chi connectivity index (χ3n) is 3.27. The van der Waals surface area contributed by atoms with E-state index < -0.39 is 0 Å². The average Bonchev–Trinajstić information content (AvgIpc) is 2.96. The van der Waals surface area contributed by atoms with Crippen molar-refractivity contribution < 1.29 is 0 Å². The largest absolute Gasteiger partial charge is 0.403 e. The molecule has 3 rings (SSSR count). The van der Waals surface area contributed by atoms with Gasteiger partial charge in [-0.15, -0.1) is 0 Å². The average molecular weight is 265 g/mol. The summed E-state index contributed by atoms with van der Waals surface area (Å²) in [7, 11) is 0. The molecule has 0 aliphatic rings. The number of fused-ring (bicyclic) bond motifs is 1. The molecule has 0 saturated carbocycles. The van der Waals surface area contributed by atoms with Crippen molar-refractivity contribution in [2.24, 2.45) is 11.6 Å². The van der Waals surface area contributed by atoms with E-state index >= 15 is 0 Å². The lowest BCUT2D eigenvalue weighted by molar-refractivity contribution is 0.988. The summed E-state index contributed by atoms with van der Waals surface area (Å²) in [6.45, 7) is 0. The number of aromatic amines is 1. The molecule has 20 heavy (non-hydrogen) atoms. The van der Waals surface area contributed by atoms with Crippen LogP contribution in [0, 0.1) is 0 Å². The minimum absolute atomic E-state index is 0.695. The fraction of sp³-hybridized carbons (Fsp3) is 0. The number of nitrogens with one attached hydrogen (secondary N) is 2. The number of aromatic nitrogens is 2. The highest BCUT2D eigenvalue weighted by Gasteiger charge is 2.03. The van der Waals surface area contributed by atoms with E-state index in [2.05, 4.69) is 27.5 Å². The van der Waals surface area contributed by atoms with E-state index in [0.29, 0.717) is 5.70 Å². The van der Waals surface area contributed by atoms with Crippen molar-refractivity contribution in [3.05, 3.63) is 60.6 Å². The highest BCUT2D eigenvalue weighted by atomic mass is 15.2. The maximum absolute atomic E-state index is 5.50. The Bertz CT molecular complexity index is 755. The standard InChI is InChI=1S/C15H15N5/c16-8-15(20-17)11-3-1-10(2-4-11)12-5-6-13-14(7-12)19-9-18-13/h1-9,20H,16-17H2,(H,18,19)/b15-8-. The minimum Gasteiger partial charge on any atom is -0.403 e. The van der Waals surface area contributed by atoms with Gasteiger partial charge in [0.25, 0.3) is 0 Å². The Balaban J connectivity index is 1.98. The molecule has 0 fully saturated rings. The molecular formula is C15H15N5. The maximum atomic E-state index is 5.50. The van der Waals surface area contributed by atoms with Crippen LogP contribution in [-0.2, 0) is 0 Å². The van der Waals surface area contributed by atoms with Crippen molar-refractivity contribution in [3.63, 3.8) is 0 Å². The minimum atomic E-state index is 0.695. The summed E-state index contributed by atoms with van der Waals surface area (Å²) in [6.07, 6.45) is 3.15. The quantitative estimate of drug-likeness (QED) is 0.430. The number of nitrogens with two attached hydrogens (primary N) is 2. The molecule has 6 N–H and O–H groups in total. The molecule has 0 aliphatic carbocycles. The predicted molar refractivity (Wildman–Crippen MR) is 81.0 cm³/mol. The maximum Gasteiger partial charge on any atom is 0.0931 e. The van der Waals surface area contributed by atoms with Crippen LogP contribution in [0.3, 0.4) is 0 Å². The van der Waals surface area contributed by atoms with Crippen molar-refractivity contribution in [1.82, 2.24) is 15.4 Å². The topological polar surface area (TPSA) is 92.8 Å². The van der Waals surface area contributed by atoms with Crippen LogP contribution in [0.2, 0.25) is 0 Å². The van der Waals surface area contributed by atoms with Gasteiger partial charge in [-0.1, -0.05) is 30.3 Å². The van der Waals surface area contributed by atoms with E-state index in [1.165, 1.54) is 6.20 Å². The summed E-state index contributed by atoms with van der Waals surface area (Å²) in [5, 5.41) is 0. The number of hydrazine groups is 1. The molecule has 0 saturated heterocycles. The van der Waals surface area contributed by atoms with Crippen LogP contribution >= 0.6 is 0 Å². The van der Waals surface area contributed by atoms with Gasteiger partial charge in [0.2, 0.25) is 0 Å². The summed E-state index contributed by atoms with van der Waals surface area (Å²) in [5.74, 6) is 5.41. The van der Waals surface area contributed by atoms with Crippen LogP contribution in [0.15, 0.2) is 55.0 Å². The summed E-state index contributed by atoms with van der Waals surface area (Å²) < 4.78 is 0. The van der Waals surface area contributed by atoms with E-state index in [4.69, 9.17) is 11.6 Å². The first-order valence-electron chi connectivity index (χ1n) is 6.24. The Hall–Kier alpha value is -2.79. The Kier molecular flexibility index (Phi) is 3.10. The lowest BCUT2D eigenvalue weighted by atomic mass is 10.0. The Labute approximate surface area is 116 Å². The van der Waals surface area contributed by atoms with Crippen LogP contribution in [0.25, 0.3) is 27.9 Å². The van der Waals surface area contributed by atoms with Crippen LogP contribution in [-0.4, -0.2) is 9.97 Å². The number of H-pyrrole nitrogens is 1. The normalized spacial score (nSPS) is 11.8. The van der Waals surface area contributed by atoms with Gasteiger partial charge in [-0.05, 0) is 23.3 Å². The Morgan fingerprint density at radius 2 is 1.85 bits per heavy atom. The van der Waals surface area contributed by atoms with E-state index in [0.717, 1.165) is 27.7 Å². The first kappa shape index (κ1) is 12.3. The summed E-state index contributed by atoms with van der Waals surface area (Å²) in [6, 6.07) is 14.2. The van der Waals surface area contributed by atoms with Gasteiger partial charge in [-0.25, -0.2) is 4.98 Å². The zero-order chi connectivity index (χ0) is 13.9. The first-order chi connectivity index (χ1) is 9.81. The number of benzene rings is 2. The van der Waals surface area contributed by atoms with E-state index in [1.54, 1.807) is 6.33 Å². The van der Waals surface area contributed by atoms with Gasteiger partial charge in [0.15, 0.2) is 0 Å². The van der Waals surface area contributed by atoms with Crippen LogP contribution in [0.4, 0.5) is 0 Å². The highest BCUT2D eigenvalue weighted by Crippen LogP contribution is 2.24. The van der Waals surface area contributed by atoms with Gasteiger partial charge in [0.05, 0.1) is 23.1 Å². The molecule has 0 aliphatic heterocycles. The third kappa shape index (κ3) is 2.10. The van der Waals surface area contributed by atoms with E-state index in [1.807, 2.05) is 30.3 Å². The van der Waals surface area contributed by atoms with E-state index in [9.17, 15) is 0 Å². The van der Waals surface area contributed by atoms with Crippen LogP contribution in [0.1, 0.15) is 5.56 Å². The molecule has 5 heteroatoms. The third-order valence-corrected chi connectivity index (χ3v) is 3.27. The van der Waals surface area contributed by atoms with Gasteiger partial charge in [0, 0.05) is 11.8 Å². The zero-order valence-electron chi connectivity index (χ0n) is 10.8. The molecule has 0 amide bonds.